The van der Waals surface area contributed by atoms with E-state index in [1.165, 1.54) is 0 Å². The first-order valence-corrected chi connectivity index (χ1v) is 4.12. The van der Waals surface area contributed by atoms with Crippen LogP contribution < -0.4 is 0 Å². The highest BCUT2D eigenvalue weighted by atomic mass is 79.9. The molecule has 0 amide bonds. The second kappa shape index (κ2) is 3.02. The molecule has 0 fully saturated rings. The molecular weight excluding hydrogens is 220 g/mol. The van der Waals surface area contributed by atoms with Crippen molar-refractivity contribution in [3.63, 3.8) is 0 Å². The first kappa shape index (κ1) is 7.42. The van der Waals surface area contributed by atoms with Gasteiger partial charge in [0.05, 0.1) is 0 Å². The molecule has 0 saturated carbocycles. The van der Waals surface area contributed by atoms with Crippen molar-refractivity contribution in [3.8, 4) is 5.95 Å². The van der Waals surface area contributed by atoms with Crippen LogP contribution in [0.2, 0.25) is 0 Å². The highest BCUT2D eigenvalue weighted by Crippen LogP contribution is 2.06. The molecule has 0 aliphatic rings. The second-order valence-electron chi connectivity index (χ2n) is 2.15. The first-order chi connectivity index (χ1) is 5.86. The Morgan fingerprint density at radius 3 is 2.92 bits per heavy atom. The summed E-state index contributed by atoms with van der Waals surface area (Å²) in [7, 11) is 0. The van der Waals surface area contributed by atoms with Gasteiger partial charge in [0.2, 0.25) is 5.95 Å². The summed E-state index contributed by atoms with van der Waals surface area (Å²) < 4.78 is 2.51. The van der Waals surface area contributed by atoms with E-state index in [1.54, 1.807) is 35.6 Å². The fourth-order valence-electron chi connectivity index (χ4n) is 0.829. The van der Waals surface area contributed by atoms with Crippen molar-refractivity contribution in [1.82, 2.24) is 19.5 Å². The van der Waals surface area contributed by atoms with Gasteiger partial charge in [-0.15, -0.1) is 0 Å². The number of imidazole rings is 1. The molecule has 0 spiro atoms. The Balaban J connectivity index is 2.48. The molecule has 0 bridgehead atoms. The lowest BCUT2D eigenvalue weighted by atomic mass is 10.7. The van der Waals surface area contributed by atoms with Gasteiger partial charge in [-0.1, -0.05) is 0 Å². The molecule has 0 radical (unpaired) electrons. The van der Waals surface area contributed by atoms with Crippen LogP contribution in [0.5, 0.6) is 0 Å². The van der Waals surface area contributed by atoms with E-state index in [0.29, 0.717) is 5.95 Å². The summed E-state index contributed by atoms with van der Waals surface area (Å²) in [6, 6.07) is 1.78. The molecule has 0 aliphatic carbocycles. The molecule has 2 aromatic rings. The van der Waals surface area contributed by atoms with E-state index in [0.717, 1.165) is 4.60 Å². The van der Waals surface area contributed by atoms with Gasteiger partial charge < -0.3 is 0 Å². The fourth-order valence-corrected chi connectivity index (χ4v) is 1.11. The lowest BCUT2D eigenvalue weighted by molar-refractivity contribution is 0.917. The maximum atomic E-state index is 4.14. The van der Waals surface area contributed by atoms with Crippen molar-refractivity contribution in [2.45, 2.75) is 0 Å². The average molecular weight is 225 g/mol. The molecule has 0 unspecified atom stereocenters. The summed E-state index contributed by atoms with van der Waals surface area (Å²) in [5, 5.41) is 0. The Bertz CT molecular complexity index is 371. The zero-order valence-electron chi connectivity index (χ0n) is 6.05. The molecule has 2 aromatic heterocycles. The van der Waals surface area contributed by atoms with E-state index in [1.807, 2.05) is 0 Å². The molecule has 60 valence electrons. The van der Waals surface area contributed by atoms with Crippen LogP contribution >= 0.6 is 15.9 Å². The minimum Gasteiger partial charge on any atom is -0.274 e. The van der Waals surface area contributed by atoms with Gasteiger partial charge in [0.15, 0.2) is 0 Å². The molecule has 0 N–H and O–H groups in total. The Labute approximate surface area is 77.4 Å². The van der Waals surface area contributed by atoms with Crippen molar-refractivity contribution >= 4 is 15.9 Å². The van der Waals surface area contributed by atoms with Gasteiger partial charge in [0, 0.05) is 18.6 Å². The van der Waals surface area contributed by atoms with E-state index in [2.05, 4.69) is 30.9 Å². The summed E-state index contributed by atoms with van der Waals surface area (Å²) in [4.78, 5) is 12.1. The van der Waals surface area contributed by atoms with Crippen LogP contribution in [0.4, 0.5) is 0 Å². The summed E-state index contributed by atoms with van der Waals surface area (Å²) in [6.07, 6.45) is 6.82. The van der Waals surface area contributed by atoms with Crippen molar-refractivity contribution in [1.29, 1.82) is 0 Å². The van der Waals surface area contributed by atoms with E-state index in [4.69, 9.17) is 0 Å². The van der Waals surface area contributed by atoms with Gasteiger partial charge in [-0.25, -0.2) is 15.0 Å². The number of aromatic nitrogens is 4. The molecule has 0 saturated heterocycles. The maximum Gasteiger partial charge on any atom is 0.235 e. The predicted molar refractivity (Wildman–Crippen MR) is 46.9 cm³/mol. The van der Waals surface area contributed by atoms with Crippen molar-refractivity contribution < 1.29 is 0 Å². The van der Waals surface area contributed by atoms with Gasteiger partial charge in [0.25, 0.3) is 0 Å². The quantitative estimate of drug-likeness (QED) is 0.689. The third kappa shape index (κ3) is 1.35. The van der Waals surface area contributed by atoms with Gasteiger partial charge in [-0.05, 0) is 22.0 Å². The monoisotopic (exact) mass is 224 g/mol. The fraction of sp³-hybridized carbons (Fsp3) is 0. The van der Waals surface area contributed by atoms with E-state index >= 15 is 0 Å². The molecule has 0 atom stereocenters. The SMILES string of the molecule is Brc1ccnc(-n2ccnc2)n1. The van der Waals surface area contributed by atoms with Crippen LogP contribution in [0.3, 0.4) is 0 Å². The first-order valence-electron chi connectivity index (χ1n) is 3.33. The average Bonchev–Trinajstić information content (AvgIpc) is 2.56. The van der Waals surface area contributed by atoms with E-state index < -0.39 is 0 Å². The van der Waals surface area contributed by atoms with E-state index in [9.17, 15) is 0 Å². The summed E-state index contributed by atoms with van der Waals surface area (Å²) in [5.74, 6) is 0.613. The van der Waals surface area contributed by atoms with Crippen LogP contribution in [0, 0.1) is 0 Å². The number of rotatable bonds is 1. The number of halogens is 1. The number of nitrogens with zero attached hydrogens (tertiary/aromatic N) is 4. The van der Waals surface area contributed by atoms with E-state index in [-0.39, 0.29) is 0 Å². The zero-order valence-corrected chi connectivity index (χ0v) is 7.64. The highest BCUT2D eigenvalue weighted by Gasteiger charge is 1.97. The predicted octanol–water partition coefficient (Wildman–Crippen LogP) is 1.42. The molecule has 4 nitrogen and oxygen atoms in total. The number of hydrogen-bond acceptors (Lipinski definition) is 3. The molecule has 0 aromatic carbocycles. The zero-order chi connectivity index (χ0) is 8.39. The molecule has 5 heteroatoms. The molecule has 2 heterocycles. The molecule has 2 rings (SSSR count). The molecule has 12 heavy (non-hydrogen) atoms. The summed E-state index contributed by atoms with van der Waals surface area (Å²) in [6.45, 7) is 0. The number of hydrogen-bond donors (Lipinski definition) is 0. The van der Waals surface area contributed by atoms with Crippen molar-refractivity contribution in [2.24, 2.45) is 0 Å². The summed E-state index contributed by atoms with van der Waals surface area (Å²) in [5.41, 5.74) is 0. The Morgan fingerprint density at radius 1 is 1.33 bits per heavy atom. The smallest absolute Gasteiger partial charge is 0.235 e. The summed E-state index contributed by atoms with van der Waals surface area (Å²) >= 11 is 3.26. The highest BCUT2D eigenvalue weighted by molar-refractivity contribution is 9.10. The van der Waals surface area contributed by atoms with Crippen LogP contribution in [0.15, 0.2) is 35.6 Å². The Morgan fingerprint density at radius 2 is 2.25 bits per heavy atom. The minimum atomic E-state index is 0.613. The van der Waals surface area contributed by atoms with Crippen LogP contribution in [0.25, 0.3) is 5.95 Å². The third-order valence-corrected chi connectivity index (χ3v) is 1.79. The second-order valence-corrected chi connectivity index (χ2v) is 2.96. The molecular formula is C7H5BrN4. The molecule has 0 aliphatic heterocycles. The van der Waals surface area contributed by atoms with Crippen molar-refractivity contribution in [3.05, 3.63) is 35.6 Å². The van der Waals surface area contributed by atoms with Crippen LogP contribution in [0.1, 0.15) is 0 Å². The van der Waals surface area contributed by atoms with Gasteiger partial charge in [0.1, 0.15) is 10.9 Å². The topological polar surface area (TPSA) is 43.6 Å². The van der Waals surface area contributed by atoms with Crippen molar-refractivity contribution in [2.75, 3.05) is 0 Å². The van der Waals surface area contributed by atoms with Crippen LogP contribution in [-0.4, -0.2) is 19.5 Å². The largest absolute Gasteiger partial charge is 0.274 e. The standard InChI is InChI=1S/C7H5BrN4/c8-6-1-2-10-7(11-6)12-4-3-9-5-12/h1-5H. The Kier molecular flexibility index (Phi) is 1.87. The lowest BCUT2D eigenvalue weighted by Crippen LogP contribution is -1.97. The maximum absolute atomic E-state index is 4.14. The Hall–Kier alpha value is -1.23. The minimum absolute atomic E-state index is 0.613. The van der Waals surface area contributed by atoms with Gasteiger partial charge in [-0.2, -0.15) is 0 Å². The third-order valence-electron chi connectivity index (χ3n) is 1.34. The normalized spacial score (nSPS) is 10.1. The lowest BCUT2D eigenvalue weighted by Gasteiger charge is -1.97. The van der Waals surface area contributed by atoms with Gasteiger partial charge in [-0.3, -0.25) is 4.57 Å². The van der Waals surface area contributed by atoms with Gasteiger partial charge >= 0.3 is 0 Å². The van der Waals surface area contributed by atoms with Crippen LogP contribution in [-0.2, 0) is 0 Å².